The van der Waals surface area contributed by atoms with E-state index in [1.165, 1.54) is 11.5 Å². The Kier molecular flexibility index (Phi) is 3.68. The Labute approximate surface area is 115 Å². The molecule has 0 aliphatic rings. The lowest BCUT2D eigenvalue weighted by molar-refractivity contribution is 0.101. The molecule has 0 aliphatic heterocycles. The maximum Gasteiger partial charge on any atom is 0.164 e. The van der Waals surface area contributed by atoms with Crippen LogP contribution in [0.3, 0.4) is 0 Å². The van der Waals surface area contributed by atoms with Gasteiger partial charge in [0.05, 0.1) is 16.3 Å². The smallest absolute Gasteiger partial charge is 0.164 e. The lowest BCUT2D eigenvalue weighted by Crippen LogP contribution is -2.08. The largest absolute Gasteiger partial charge is 0.303 e. The zero-order valence-corrected chi connectivity index (χ0v) is 12.0. The zero-order valence-electron chi connectivity index (χ0n) is 10.4. The summed E-state index contributed by atoms with van der Waals surface area (Å²) in [6.45, 7) is 3.47. The van der Waals surface area contributed by atoms with Gasteiger partial charge in [-0.05, 0) is 37.5 Å². The van der Waals surface area contributed by atoms with E-state index in [1.807, 2.05) is 36.1 Å². The Hall–Kier alpha value is -1.39. The third-order valence-electron chi connectivity index (χ3n) is 2.70. The molecule has 0 radical (unpaired) electrons. The van der Waals surface area contributed by atoms with Crippen molar-refractivity contribution in [2.24, 2.45) is 12.0 Å². The van der Waals surface area contributed by atoms with Crippen molar-refractivity contribution in [2.75, 3.05) is 0 Å². The van der Waals surface area contributed by atoms with Gasteiger partial charge in [-0.1, -0.05) is 23.7 Å². The predicted octanol–water partition coefficient (Wildman–Crippen LogP) is 3.48. The van der Waals surface area contributed by atoms with Crippen molar-refractivity contribution in [3.63, 3.8) is 0 Å². The topological polar surface area (TPSA) is 34.4 Å². The van der Waals surface area contributed by atoms with E-state index in [9.17, 15) is 4.79 Å². The average molecular weight is 281 g/mol. The lowest BCUT2D eigenvalue weighted by Gasteiger charge is -1.96. The third kappa shape index (κ3) is 2.40. The number of carbonyl (C=O) groups excluding carboxylic acids is 1. The molecule has 0 saturated heterocycles. The van der Waals surface area contributed by atoms with Crippen molar-refractivity contribution >= 4 is 34.6 Å². The number of halogens is 1. The van der Waals surface area contributed by atoms with Crippen LogP contribution in [0.25, 0.3) is 0 Å². The fraction of sp³-hybridized carbons (Fsp3) is 0.231. The Morgan fingerprint density at radius 1 is 1.39 bits per heavy atom. The molecule has 0 fully saturated rings. The van der Waals surface area contributed by atoms with Crippen LogP contribution < -0.4 is 4.67 Å². The monoisotopic (exact) mass is 280 g/mol. The van der Waals surface area contributed by atoms with Crippen LogP contribution in [0.2, 0.25) is 5.02 Å². The van der Waals surface area contributed by atoms with Crippen LogP contribution >= 0.6 is 23.1 Å². The standard InChI is InChI=1S/C13H13ClN2OS/c1-8-12(9(2)17)13(18-16(8)3)15-11-7-5-4-6-10(11)14/h4-7H,1-3H3. The quantitative estimate of drug-likeness (QED) is 0.776. The summed E-state index contributed by atoms with van der Waals surface area (Å²) in [4.78, 5) is 16.2. The first-order valence-electron chi connectivity index (χ1n) is 5.48. The normalized spacial score (nSPS) is 11.9. The number of rotatable bonds is 2. The summed E-state index contributed by atoms with van der Waals surface area (Å²) in [6, 6.07) is 7.35. The molecule has 0 amide bonds. The summed E-state index contributed by atoms with van der Waals surface area (Å²) in [5.74, 6) is 0.0233. The second-order valence-electron chi connectivity index (χ2n) is 3.97. The Morgan fingerprint density at radius 2 is 2.06 bits per heavy atom. The number of hydrogen-bond donors (Lipinski definition) is 0. The van der Waals surface area contributed by atoms with E-state index in [2.05, 4.69) is 4.99 Å². The number of aryl methyl sites for hydroxylation is 1. The predicted molar refractivity (Wildman–Crippen MR) is 74.7 cm³/mol. The van der Waals surface area contributed by atoms with Crippen LogP contribution in [-0.4, -0.2) is 9.74 Å². The molecule has 0 saturated carbocycles. The van der Waals surface area contributed by atoms with Gasteiger partial charge in [0.25, 0.3) is 0 Å². The van der Waals surface area contributed by atoms with Crippen LogP contribution in [-0.2, 0) is 7.05 Å². The molecule has 2 aromatic rings. The summed E-state index contributed by atoms with van der Waals surface area (Å²) in [7, 11) is 1.91. The molecule has 0 N–H and O–H groups in total. The molecule has 0 bridgehead atoms. The van der Waals surface area contributed by atoms with Gasteiger partial charge in [0.1, 0.15) is 4.67 Å². The molecular weight excluding hydrogens is 268 g/mol. The van der Waals surface area contributed by atoms with Gasteiger partial charge < -0.3 is 3.96 Å². The fourth-order valence-corrected chi connectivity index (χ4v) is 2.88. The van der Waals surface area contributed by atoms with Crippen molar-refractivity contribution in [3.8, 4) is 0 Å². The first-order chi connectivity index (χ1) is 8.50. The third-order valence-corrected chi connectivity index (χ3v) is 4.03. The molecular formula is C13H13ClN2OS. The minimum atomic E-state index is 0.0233. The minimum absolute atomic E-state index is 0.0233. The molecule has 0 aliphatic carbocycles. The van der Waals surface area contributed by atoms with Gasteiger partial charge in [0.2, 0.25) is 0 Å². The molecule has 2 rings (SSSR count). The van der Waals surface area contributed by atoms with E-state index in [-0.39, 0.29) is 5.78 Å². The van der Waals surface area contributed by atoms with E-state index in [0.717, 1.165) is 5.69 Å². The summed E-state index contributed by atoms with van der Waals surface area (Å²) in [6.07, 6.45) is 0. The number of nitrogens with zero attached hydrogens (tertiary/aromatic N) is 2. The number of ketones is 1. The Balaban J connectivity index is 2.69. The molecule has 0 atom stereocenters. The van der Waals surface area contributed by atoms with Gasteiger partial charge in [-0.3, -0.25) is 4.79 Å². The van der Waals surface area contributed by atoms with Gasteiger partial charge in [0, 0.05) is 12.7 Å². The van der Waals surface area contributed by atoms with Gasteiger partial charge in [0.15, 0.2) is 5.78 Å². The summed E-state index contributed by atoms with van der Waals surface area (Å²) < 4.78 is 2.64. The number of carbonyl (C=O) groups is 1. The Bertz CT molecular complexity index is 670. The molecule has 1 aromatic carbocycles. The number of benzene rings is 1. The zero-order chi connectivity index (χ0) is 13.3. The molecule has 18 heavy (non-hydrogen) atoms. The molecule has 1 heterocycles. The van der Waals surface area contributed by atoms with Crippen molar-refractivity contribution in [2.45, 2.75) is 13.8 Å². The second kappa shape index (κ2) is 5.08. The average Bonchev–Trinajstić information content (AvgIpc) is 2.58. The van der Waals surface area contributed by atoms with Crippen molar-refractivity contribution in [1.29, 1.82) is 0 Å². The van der Waals surface area contributed by atoms with Crippen molar-refractivity contribution < 1.29 is 4.79 Å². The number of Topliss-reactive ketones (excluding diaryl/α,β-unsaturated/α-hetero) is 1. The lowest BCUT2D eigenvalue weighted by atomic mass is 10.2. The molecule has 3 nitrogen and oxygen atoms in total. The first-order valence-corrected chi connectivity index (χ1v) is 6.63. The fourth-order valence-electron chi connectivity index (χ4n) is 1.69. The van der Waals surface area contributed by atoms with Crippen LogP contribution in [0.15, 0.2) is 29.3 Å². The van der Waals surface area contributed by atoms with Gasteiger partial charge in [-0.2, -0.15) is 0 Å². The van der Waals surface area contributed by atoms with E-state index in [0.29, 0.717) is 20.9 Å². The number of aromatic nitrogens is 1. The second-order valence-corrected chi connectivity index (χ2v) is 5.50. The van der Waals surface area contributed by atoms with Crippen LogP contribution in [0, 0.1) is 6.92 Å². The minimum Gasteiger partial charge on any atom is -0.303 e. The molecule has 1 aromatic heterocycles. The molecule has 0 spiro atoms. The van der Waals surface area contributed by atoms with Gasteiger partial charge in [-0.25, -0.2) is 4.99 Å². The van der Waals surface area contributed by atoms with E-state index >= 15 is 0 Å². The number of hydrogen-bond acceptors (Lipinski definition) is 3. The number of para-hydroxylation sites is 1. The first kappa shape index (κ1) is 13.1. The molecule has 0 unspecified atom stereocenters. The maximum atomic E-state index is 11.7. The van der Waals surface area contributed by atoms with E-state index in [1.54, 1.807) is 13.0 Å². The highest BCUT2D eigenvalue weighted by molar-refractivity contribution is 7.04. The maximum absolute atomic E-state index is 11.7. The van der Waals surface area contributed by atoms with E-state index in [4.69, 9.17) is 11.6 Å². The van der Waals surface area contributed by atoms with Crippen LogP contribution in [0.5, 0.6) is 0 Å². The highest BCUT2D eigenvalue weighted by Gasteiger charge is 2.12. The highest BCUT2D eigenvalue weighted by Crippen LogP contribution is 2.23. The Morgan fingerprint density at radius 3 is 2.67 bits per heavy atom. The summed E-state index contributed by atoms with van der Waals surface area (Å²) >= 11 is 7.52. The molecule has 94 valence electrons. The van der Waals surface area contributed by atoms with Gasteiger partial charge in [-0.15, -0.1) is 0 Å². The van der Waals surface area contributed by atoms with Crippen molar-refractivity contribution in [1.82, 2.24) is 3.96 Å². The summed E-state index contributed by atoms with van der Waals surface area (Å²) in [5, 5.41) is 0.584. The SMILES string of the molecule is CC(=O)c1c(C)n(C)sc1=Nc1ccccc1Cl. The highest BCUT2D eigenvalue weighted by atomic mass is 35.5. The van der Waals surface area contributed by atoms with Crippen molar-refractivity contribution in [3.05, 3.63) is 45.2 Å². The van der Waals surface area contributed by atoms with Crippen LogP contribution in [0.4, 0.5) is 5.69 Å². The van der Waals surface area contributed by atoms with Gasteiger partial charge >= 0.3 is 0 Å². The molecule has 5 heteroatoms. The van der Waals surface area contributed by atoms with Crippen LogP contribution in [0.1, 0.15) is 23.0 Å². The van der Waals surface area contributed by atoms with E-state index < -0.39 is 0 Å². The summed E-state index contributed by atoms with van der Waals surface area (Å²) in [5.41, 5.74) is 2.28.